The Morgan fingerprint density at radius 1 is 0.698 bits per heavy atom. The van der Waals surface area contributed by atoms with Gasteiger partial charge in [0.05, 0.1) is 0 Å². The zero-order chi connectivity index (χ0) is 30.3. The van der Waals surface area contributed by atoms with Crippen LogP contribution in [0.4, 0.5) is 0 Å². The molecule has 4 aromatic rings. The van der Waals surface area contributed by atoms with Crippen molar-refractivity contribution in [2.75, 3.05) is 19.6 Å². The van der Waals surface area contributed by atoms with Gasteiger partial charge in [-0.2, -0.15) is 0 Å². The highest BCUT2D eigenvalue weighted by molar-refractivity contribution is 5.95. The number of phenols is 1. The maximum absolute atomic E-state index is 13.5. The van der Waals surface area contributed by atoms with Crippen molar-refractivity contribution < 1.29 is 14.7 Å². The zero-order valence-corrected chi connectivity index (χ0v) is 24.9. The molecule has 4 N–H and O–H groups in total. The summed E-state index contributed by atoms with van der Waals surface area (Å²) in [5.41, 5.74) is 11.5. The Hall–Kier alpha value is -4.42. The molecular weight excluding hydrogens is 534 g/mol. The molecule has 0 spiro atoms. The summed E-state index contributed by atoms with van der Waals surface area (Å²) in [4.78, 5) is 28.1. The van der Waals surface area contributed by atoms with E-state index in [4.69, 9.17) is 5.73 Å². The van der Waals surface area contributed by atoms with E-state index in [2.05, 4.69) is 23.5 Å². The number of nitrogens with zero attached hydrogens (tertiary/aromatic N) is 1. The second-order valence-corrected chi connectivity index (χ2v) is 11.0. The van der Waals surface area contributed by atoms with Crippen LogP contribution in [0.25, 0.3) is 11.1 Å². The number of nitrogens with two attached hydrogens (primary N) is 1. The van der Waals surface area contributed by atoms with Crippen LogP contribution < -0.4 is 11.1 Å². The summed E-state index contributed by atoms with van der Waals surface area (Å²) >= 11 is 0. The molecule has 224 valence electrons. The van der Waals surface area contributed by atoms with E-state index in [1.165, 1.54) is 5.56 Å². The number of hydrogen-bond acceptors (Lipinski definition) is 4. The van der Waals surface area contributed by atoms with Crippen LogP contribution in [0.3, 0.4) is 0 Å². The Bertz CT molecular complexity index is 1440. The van der Waals surface area contributed by atoms with Crippen molar-refractivity contribution >= 4 is 11.8 Å². The average molecular weight is 578 g/mol. The first kappa shape index (κ1) is 31.5. The molecule has 4 aromatic carbocycles. The lowest BCUT2D eigenvalue weighted by Gasteiger charge is -2.23. The first-order chi connectivity index (χ1) is 21.0. The van der Waals surface area contributed by atoms with Crippen molar-refractivity contribution in [2.45, 2.75) is 51.5 Å². The maximum atomic E-state index is 13.5. The molecule has 0 unspecified atom stereocenters. The zero-order valence-electron chi connectivity index (χ0n) is 24.9. The van der Waals surface area contributed by atoms with E-state index >= 15 is 0 Å². The fourth-order valence-corrected chi connectivity index (χ4v) is 5.12. The van der Waals surface area contributed by atoms with Gasteiger partial charge in [-0.3, -0.25) is 9.59 Å². The molecule has 0 heterocycles. The van der Waals surface area contributed by atoms with Crippen LogP contribution in [0.1, 0.15) is 59.2 Å². The Balaban J connectivity index is 1.43. The Morgan fingerprint density at radius 3 is 2.16 bits per heavy atom. The van der Waals surface area contributed by atoms with Crippen LogP contribution in [0, 0.1) is 0 Å². The molecule has 0 bridgehead atoms. The highest BCUT2D eigenvalue weighted by Crippen LogP contribution is 2.23. The van der Waals surface area contributed by atoms with Gasteiger partial charge >= 0.3 is 0 Å². The van der Waals surface area contributed by atoms with Crippen molar-refractivity contribution in [1.29, 1.82) is 0 Å². The number of rotatable bonds is 16. The van der Waals surface area contributed by atoms with Gasteiger partial charge < -0.3 is 21.1 Å². The molecule has 6 heteroatoms. The molecule has 43 heavy (non-hydrogen) atoms. The number of aryl methyl sites for hydroxylation is 1. The first-order valence-electron chi connectivity index (χ1n) is 15.3. The van der Waals surface area contributed by atoms with E-state index < -0.39 is 0 Å². The van der Waals surface area contributed by atoms with Gasteiger partial charge in [0.2, 0.25) is 5.91 Å². The summed E-state index contributed by atoms with van der Waals surface area (Å²) < 4.78 is 0. The van der Waals surface area contributed by atoms with E-state index in [1.54, 1.807) is 12.1 Å². The highest BCUT2D eigenvalue weighted by atomic mass is 16.3. The van der Waals surface area contributed by atoms with Crippen LogP contribution in [0.5, 0.6) is 5.75 Å². The number of carbonyl (C=O) groups excluding carboxylic acids is 2. The van der Waals surface area contributed by atoms with Crippen LogP contribution in [-0.4, -0.2) is 41.5 Å². The van der Waals surface area contributed by atoms with Crippen molar-refractivity contribution in [3.05, 3.63) is 125 Å². The molecule has 2 amide bonds. The molecule has 0 atom stereocenters. The smallest absolute Gasteiger partial charge is 0.251 e. The summed E-state index contributed by atoms with van der Waals surface area (Å²) in [7, 11) is 0. The predicted molar refractivity (Wildman–Crippen MR) is 174 cm³/mol. The second kappa shape index (κ2) is 16.9. The van der Waals surface area contributed by atoms with Crippen molar-refractivity contribution in [3.63, 3.8) is 0 Å². The van der Waals surface area contributed by atoms with E-state index in [0.717, 1.165) is 54.4 Å². The number of phenolic OH excluding ortho intramolecular Hbond substituents is 1. The number of unbranched alkanes of at least 4 members (excludes halogenated alkanes) is 2. The van der Waals surface area contributed by atoms with Crippen LogP contribution in [0.2, 0.25) is 0 Å². The maximum Gasteiger partial charge on any atom is 0.251 e. The van der Waals surface area contributed by atoms with Gasteiger partial charge in [-0.25, -0.2) is 0 Å². The Labute approximate surface area is 255 Å². The summed E-state index contributed by atoms with van der Waals surface area (Å²) in [6, 6.07) is 33.3. The van der Waals surface area contributed by atoms with E-state index in [0.29, 0.717) is 44.6 Å². The SMILES string of the molecule is NCCCCCNC(=O)c1cccc(-c2cccc(CN(CCc3ccc(O)cc3)C(=O)CCCc3ccccc3)c2)c1. The Kier molecular flexibility index (Phi) is 12.4. The van der Waals surface area contributed by atoms with Gasteiger partial charge in [0.1, 0.15) is 5.75 Å². The predicted octanol–water partition coefficient (Wildman–Crippen LogP) is 6.51. The molecule has 0 aliphatic rings. The van der Waals surface area contributed by atoms with Gasteiger partial charge in [-0.15, -0.1) is 0 Å². The normalized spacial score (nSPS) is 10.8. The molecule has 0 aliphatic carbocycles. The topological polar surface area (TPSA) is 95.7 Å². The highest BCUT2D eigenvalue weighted by Gasteiger charge is 2.15. The van der Waals surface area contributed by atoms with E-state index in [-0.39, 0.29) is 17.6 Å². The lowest BCUT2D eigenvalue weighted by molar-refractivity contribution is -0.131. The van der Waals surface area contributed by atoms with E-state index in [1.807, 2.05) is 77.7 Å². The molecule has 4 rings (SSSR count). The van der Waals surface area contributed by atoms with Crippen molar-refractivity contribution in [1.82, 2.24) is 10.2 Å². The number of hydrogen-bond donors (Lipinski definition) is 3. The minimum Gasteiger partial charge on any atom is -0.508 e. The van der Waals surface area contributed by atoms with Gasteiger partial charge in [-0.05, 0) is 96.8 Å². The van der Waals surface area contributed by atoms with Gasteiger partial charge in [-0.1, -0.05) is 79.2 Å². The van der Waals surface area contributed by atoms with Crippen LogP contribution >= 0.6 is 0 Å². The monoisotopic (exact) mass is 577 g/mol. The minimum absolute atomic E-state index is 0.0766. The molecule has 6 nitrogen and oxygen atoms in total. The quantitative estimate of drug-likeness (QED) is 0.132. The largest absolute Gasteiger partial charge is 0.508 e. The van der Waals surface area contributed by atoms with Crippen LogP contribution in [-0.2, 0) is 24.2 Å². The lowest BCUT2D eigenvalue weighted by Crippen LogP contribution is -2.32. The van der Waals surface area contributed by atoms with Gasteiger partial charge in [0.15, 0.2) is 0 Å². The number of carbonyl (C=O) groups is 2. The molecular formula is C37H43N3O3. The van der Waals surface area contributed by atoms with E-state index in [9.17, 15) is 14.7 Å². The van der Waals surface area contributed by atoms with Crippen molar-refractivity contribution in [2.24, 2.45) is 5.73 Å². The Morgan fingerprint density at radius 2 is 1.40 bits per heavy atom. The van der Waals surface area contributed by atoms with Crippen molar-refractivity contribution in [3.8, 4) is 16.9 Å². The third-order valence-corrected chi connectivity index (χ3v) is 7.58. The summed E-state index contributed by atoms with van der Waals surface area (Å²) in [5, 5.41) is 12.7. The number of aromatic hydroxyl groups is 1. The fraction of sp³-hybridized carbons (Fsp3) is 0.297. The minimum atomic E-state index is -0.0766. The fourth-order valence-electron chi connectivity index (χ4n) is 5.12. The van der Waals surface area contributed by atoms with Crippen LogP contribution in [0.15, 0.2) is 103 Å². The van der Waals surface area contributed by atoms with Gasteiger partial charge in [0.25, 0.3) is 5.91 Å². The third kappa shape index (κ3) is 10.4. The summed E-state index contributed by atoms with van der Waals surface area (Å²) in [6.07, 6.45) is 5.73. The molecule has 0 fully saturated rings. The summed E-state index contributed by atoms with van der Waals surface area (Å²) in [6.45, 7) is 2.39. The first-order valence-corrected chi connectivity index (χ1v) is 15.3. The summed E-state index contributed by atoms with van der Waals surface area (Å²) in [5.74, 6) is 0.288. The molecule has 0 saturated carbocycles. The second-order valence-electron chi connectivity index (χ2n) is 11.0. The number of nitrogens with one attached hydrogen (secondary N) is 1. The standard InChI is InChI=1S/C37H43N3O3/c38-23-5-2-6-24-39-37(43)34-16-9-15-33(27-34)32-14-7-13-31(26-32)28-40(25-22-30-18-20-35(41)21-19-30)36(42)17-8-12-29-10-3-1-4-11-29/h1,3-4,7,9-11,13-16,18-21,26-27,41H,2,5-6,8,12,17,22-25,28,38H2,(H,39,43). The molecule has 0 saturated heterocycles. The average Bonchev–Trinajstić information content (AvgIpc) is 3.04. The molecule has 0 aliphatic heterocycles. The third-order valence-electron chi connectivity index (χ3n) is 7.58. The number of amides is 2. The van der Waals surface area contributed by atoms with Gasteiger partial charge in [0, 0.05) is 31.6 Å². The lowest BCUT2D eigenvalue weighted by atomic mass is 10.0. The number of benzene rings is 4. The molecule has 0 aromatic heterocycles. The molecule has 0 radical (unpaired) electrons.